The molecule has 0 saturated heterocycles. The van der Waals surface area contributed by atoms with Crippen LogP contribution in [0.2, 0.25) is 0 Å². The molecule has 3 heteroatoms. The second kappa shape index (κ2) is 8.94. The number of nitrogens with zero attached hydrogens (tertiary/aromatic N) is 1. The van der Waals surface area contributed by atoms with Crippen LogP contribution < -0.4 is 16.4 Å². The quantitative estimate of drug-likeness (QED) is 0.720. The van der Waals surface area contributed by atoms with E-state index >= 15 is 0 Å². The average molecular weight is 263 g/mol. The van der Waals surface area contributed by atoms with Crippen molar-refractivity contribution in [2.24, 2.45) is 11.5 Å². The van der Waals surface area contributed by atoms with Gasteiger partial charge in [-0.15, -0.1) is 0 Å². The van der Waals surface area contributed by atoms with Crippen LogP contribution >= 0.6 is 0 Å². The molecule has 108 valence electrons. The third-order valence-corrected chi connectivity index (χ3v) is 3.50. The lowest BCUT2D eigenvalue weighted by Crippen LogP contribution is -2.26. The lowest BCUT2D eigenvalue weighted by molar-refractivity contribution is 0.677. The van der Waals surface area contributed by atoms with Gasteiger partial charge >= 0.3 is 0 Å². The Kier molecular flexibility index (Phi) is 7.53. The molecule has 0 aliphatic heterocycles. The lowest BCUT2D eigenvalue weighted by atomic mass is 10.1. The molecule has 0 aliphatic carbocycles. The monoisotopic (exact) mass is 263 g/mol. The number of hydrogen-bond acceptors (Lipinski definition) is 3. The average Bonchev–Trinajstić information content (AvgIpc) is 2.47. The molecule has 0 spiro atoms. The molecule has 1 atom stereocenters. The molecule has 0 saturated carbocycles. The Morgan fingerprint density at radius 2 is 1.53 bits per heavy atom. The summed E-state index contributed by atoms with van der Waals surface area (Å²) < 4.78 is 0. The summed E-state index contributed by atoms with van der Waals surface area (Å²) in [5, 5.41) is 0. The summed E-state index contributed by atoms with van der Waals surface area (Å²) in [6.07, 6.45) is 4.96. The maximum atomic E-state index is 5.94. The van der Waals surface area contributed by atoms with Gasteiger partial charge in [-0.2, -0.15) is 0 Å². The molecule has 1 unspecified atom stereocenters. The van der Waals surface area contributed by atoms with Crippen LogP contribution in [0.5, 0.6) is 0 Å². The summed E-state index contributed by atoms with van der Waals surface area (Å²) in [6, 6.07) is 8.52. The molecule has 0 aliphatic rings. The van der Waals surface area contributed by atoms with Crippen molar-refractivity contribution in [1.29, 1.82) is 0 Å². The van der Waals surface area contributed by atoms with Crippen molar-refractivity contribution in [1.82, 2.24) is 0 Å². The normalized spacial score (nSPS) is 12.4. The Balaban J connectivity index is 2.71. The molecular weight excluding hydrogens is 234 g/mol. The molecule has 1 rings (SSSR count). The van der Waals surface area contributed by atoms with Gasteiger partial charge in [0.1, 0.15) is 0 Å². The molecule has 1 aromatic carbocycles. The van der Waals surface area contributed by atoms with E-state index in [0.29, 0.717) is 6.54 Å². The van der Waals surface area contributed by atoms with Crippen LogP contribution in [0.4, 0.5) is 5.69 Å². The van der Waals surface area contributed by atoms with Crippen LogP contribution in [-0.2, 0) is 0 Å². The third kappa shape index (κ3) is 5.21. The predicted molar refractivity (Wildman–Crippen MR) is 84.5 cm³/mol. The summed E-state index contributed by atoms with van der Waals surface area (Å²) in [4.78, 5) is 2.48. The van der Waals surface area contributed by atoms with Crippen LogP contribution in [0.25, 0.3) is 0 Å². The van der Waals surface area contributed by atoms with E-state index in [0.717, 1.165) is 18.7 Å². The van der Waals surface area contributed by atoms with Crippen LogP contribution in [0.15, 0.2) is 24.3 Å². The van der Waals surface area contributed by atoms with Gasteiger partial charge in [-0.3, -0.25) is 0 Å². The van der Waals surface area contributed by atoms with Gasteiger partial charge < -0.3 is 16.4 Å². The van der Waals surface area contributed by atoms with Crippen molar-refractivity contribution in [3.63, 3.8) is 0 Å². The van der Waals surface area contributed by atoms with Gasteiger partial charge in [-0.25, -0.2) is 0 Å². The predicted octanol–water partition coefficient (Wildman–Crippen LogP) is 3.05. The Labute approximate surface area is 118 Å². The van der Waals surface area contributed by atoms with E-state index in [-0.39, 0.29) is 6.04 Å². The van der Waals surface area contributed by atoms with Crippen LogP contribution in [-0.4, -0.2) is 19.6 Å². The van der Waals surface area contributed by atoms with E-state index in [9.17, 15) is 0 Å². The minimum absolute atomic E-state index is 0.0474. The molecule has 0 aromatic heterocycles. The molecule has 0 fully saturated rings. The number of unbranched alkanes of at least 4 members (excludes halogenated alkanes) is 2. The Hall–Kier alpha value is -1.06. The van der Waals surface area contributed by atoms with E-state index in [4.69, 9.17) is 11.5 Å². The molecule has 3 nitrogen and oxygen atoms in total. The topological polar surface area (TPSA) is 55.3 Å². The Morgan fingerprint density at radius 1 is 1.00 bits per heavy atom. The number of rotatable bonds is 9. The van der Waals surface area contributed by atoms with Crippen LogP contribution in [0.3, 0.4) is 0 Å². The summed E-state index contributed by atoms with van der Waals surface area (Å²) in [6.45, 7) is 7.25. The highest BCUT2D eigenvalue weighted by molar-refractivity contribution is 5.48. The lowest BCUT2D eigenvalue weighted by Gasteiger charge is -2.25. The molecule has 4 N–H and O–H groups in total. The third-order valence-electron chi connectivity index (χ3n) is 3.50. The fourth-order valence-electron chi connectivity index (χ4n) is 2.14. The van der Waals surface area contributed by atoms with E-state index in [1.165, 1.54) is 31.4 Å². The zero-order valence-corrected chi connectivity index (χ0v) is 12.4. The summed E-state index contributed by atoms with van der Waals surface area (Å²) in [5.41, 5.74) is 14.0. The van der Waals surface area contributed by atoms with Gasteiger partial charge in [-0.1, -0.05) is 38.8 Å². The first kappa shape index (κ1) is 16.0. The van der Waals surface area contributed by atoms with Crippen molar-refractivity contribution in [2.75, 3.05) is 24.5 Å². The molecule has 0 amide bonds. The summed E-state index contributed by atoms with van der Waals surface area (Å²) in [5.74, 6) is 0. The highest BCUT2D eigenvalue weighted by atomic mass is 15.1. The fourth-order valence-corrected chi connectivity index (χ4v) is 2.14. The van der Waals surface area contributed by atoms with E-state index in [1.54, 1.807) is 0 Å². The second-order valence-corrected chi connectivity index (χ2v) is 5.13. The van der Waals surface area contributed by atoms with Gasteiger partial charge in [0.25, 0.3) is 0 Å². The highest BCUT2D eigenvalue weighted by Crippen LogP contribution is 2.19. The highest BCUT2D eigenvalue weighted by Gasteiger charge is 2.07. The molecule has 19 heavy (non-hydrogen) atoms. The SMILES string of the molecule is CCCCN(CCCC)c1ccc(C(N)CN)cc1. The Morgan fingerprint density at radius 3 is 1.95 bits per heavy atom. The zero-order chi connectivity index (χ0) is 14.1. The van der Waals surface area contributed by atoms with Crippen molar-refractivity contribution < 1.29 is 0 Å². The van der Waals surface area contributed by atoms with Crippen molar-refractivity contribution in [3.05, 3.63) is 29.8 Å². The molecular formula is C16H29N3. The largest absolute Gasteiger partial charge is 0.372 e. The number of hydrogen-bond donors (Lipinski definition) is 2. The minimum Gasteiger partial charge on any atom is -0.372 e. The zero-order valence-electron chi connectivity index (χ0n) is 12.4. The van der Waals surface area contributed by atoms with Crippen LogP contribution in [0, 0.1) is 0 Å². The number of anilines is 1. The summed E-state index contributed by atoms with van der Waals surface area (Å²) in [7, 11) is 0. The van der Waals surface area contributed by atoms with E-state index in [1.807, 2.05) is 0 Å². The van der Waals surface area contributed by atoms with E-state index < -0.39 is 0 Å². The number of nitrogens with two attached hydrogens (primary N) is 2. The second-order valence-electron chi connectivity index (χ2n) is 5.13. The maximum absolute atomic E-state index is 5.94. The van der Waals surface area contributed by atoms with Crippen molar-refractivity contribution in [3.8, 4) is 0 Å². The Bertz CT molecular complexity index is 326. The molecule has 0 heterocycles. The molecule has 0 bridgehead atoms. The van der Waals surface area contributed by atoms with Gasteiger partial charge in [0, 0.05) is 31.4 Å². The number of benzene rings is 1. The molecule has 1 aromatic rings. The van der Waals surface area contributed by atoms with Gasteiger partial charge in [0.05, 0.1) is 0 Å². The van der Waals surface area contributed by atoms with E-state index in [2.05, 4.69) is 43.0 Å². The first-order valence-electron chi connectivity index (χ1n) is 7.53. The van der Waals surface area contributed by atoms with Crippen LogP contribution in [0.1, 0.15) is 51.1 Å². The first-order chi connectivity index (χ1) is 9.22. The van der Waals surface area contributed by atoms with Crippen molar-refractivity contribution >= 4 is 5.69 Å². The minimum atomic E-state index is -0.0474. The standard InChI is InChI=1S/C16H29N3/c1-3-5-11-19(12-6-4-2)15-9-7-14(8-10-15)16(18)13-17/h7-10,16H,3-6,11-13,17-18H2,1-2H3. The smallest absolute Gasteiger partial charge is 0.0419 e. The fraction of sp³-hybridized carbons (Fsp3) is 0.625. The van der Waals surface area contributed by atoms with Crippen molar-refractivity contribution in [2.45, 2.75) is 45.6 Å². The summed E-state index contributed by atoms with van der Waals surface area (Å²) >= 11 is 0. The van der Waals surface area contributed by atoms with Gasteiger partial charge in [-0.05, 0) is 30.5 Å². The first-order valence-corrected chi connectivity index (χ1v) is 7.53. The van der Waals surface area contributed by atoms with Gasteiger partial charge in [0.2, 0.25) is 0 Å². The molecule has 0 radical (unpaired) electrons. The van der Waals surface area contributed by atoms with Gasteiger partial charge in [0.15, 0.2) is 0 Å². The maximum Gasteiger partial charge on any atom is 0.0419 e.